The smallest absolute Gasteiger partial charge is 0.259 e. The van der Waals surface area contributed by atoms with Crippen LogP contribution < -0.4 is 4.74 Å². The van der Waals surface area contributed by atoms with E-state index >= 15 is 0 Å². The molecule has 1 N–H and O–H groups in total. The molecule has 4 rings (SSSR count). The minimum atomic E-state index is -0.409. The highest BCUT2D eigenvalue weighted by Gasteiger charge is 2.35. The molecule has 1 saturated heterocycles. The summed E-state index contributed by atoms with van der Waals surface area (Å²) in [6.45, 7) is 5.49. The van der Waals surface area contributed by atoms with Gasteiger partial charge < -0.3 is 24.4 Å². The molecule has 37 heavy (non-hydrogen) atoms. The van der Waals surface area contributed by atoms with Gasteiger partial charge in [0.1, 0.15) is 11.7 Å². The molecule has 0 unspecified atom stereocenters. The van der Waals surface area contributed by atoms with Crippen LogP contribution >= 0.6 is 0 Å². The first-order valence-electron chi connectivity index (χ1n) is 12.7. The molecule has 2 aromatic rings. The van der Waals surface area contributed by atoms with Crippen LogP contribution in [0.2, 0.25) is 0 Å². The van der Waals surface area contributed by atoms with Crippen LogP contribution in [-0.4, -0.2) is 83.8 Å². The molecule has 2 aliphatic heterocycles. The predicted molar refractivity (Wildman–Crippen MR) is 137 cm³/mol. The number of aromatic nitrogens is 1. The van der Waals surface area contributed by atoms with Gasteiger partial charge in [0, 0.05) is 50.4 Å². The third kappa shape index (κ3) is 5.92. The number of hydrogen-bond acceptors (Lipinski definition) is 7. The second-order valence-corrected chi connectivity index (χ2v) is 10.00. The van der Waals surface area contributed by atoms with Crippen LogP contribution in [-0.2, 0) is 9.53 Å². The van der Waals surface area contributed by atoms with Gasteiger partial charge in [-0.05, 0) is 43.5 Å². The molecular weight excluding hydrogens is 472 g/mol. The molecule has 2 amide bonds. The second kappa shape index (κ2) is 11.7. The molecule has 0 saturated carbocycles. The summed E-state index contributed by atoms with van der Waals surface area (Å²) in [7, 11) is 1.78. The number of benzene rings is 1. The van der Waals surface area contributed by atoms with E-state index in [0.29, 0.717) is 50.3 Å². The number of nitrogens with zero attached hydrogens (tertiary/aromatic N) is 4. The van der Waals surface area contributed by atoms with Crippen molar-refractivity contribution in [3.63, 3.8) is 0 Å². The van der Waals surface area contributed by atoms with Gasteiger partial charge >= 0.3 is 0 Å². The first kappa shape index (κ1) is 26.6. The van der Waals surface area contributed by atoms with E-state index < -0.39 is 12.1 Å². The molecule has 3 atom stereocenters. The normalized spacial score (nSPS) is 21.2. The van der Waals surface area contributed by atoms with Crippen molar-refractivity contribution in [1.82, 2.24) is 14.8 Å². The lowest BCUT2D eigenvalue weighted by Crippen LogP contribution is -2.51. The van der Waals surface area contributed by atoms with Crippen LogP contribution in [0.4, 0.5) is 0 Å². The van der Waals surface area contributed by atoms with Gasteiger partial charge in [-0.25, -0.2) is 4.98 Å². The van der Waals surface area contributed by atoms with Crippen LogP contribution in [0.15, 0.2) is 36.5 Å². The Morgan fingerprint density at radius 1 is 1.30 bits per heavy atom. The zero-order valence-corrected chi connectivity index (χ0v) is 21.6. The van der Waals surface area contributed by atoms with E-state index in [1.54, 1.807) is 54.2 Å². The number of pyridine rings is 1. The van der Waals surface area contributed by atoms with Gasteiger partial charge in [-0.2, -0.15) is 5.26 Å². The Morgan fingerprint density at radius 3 is 2.76 bits per heavy atom. The monoisotopic (exact) mass is 506 g/mol. The van der Waals surface area contributed by atoms with Gasteiger partial charge in [-0.15, -0.1) is 0 Å². The Labute approximate surface area is 217 Å². The molecule has 3 heterocycles. The van der Waals surface area contributed by atoms with Crippen molar-refractivity contribution in [2.24, 2.45) is 11.8 Å². The minimum Gasteiger partial charge on any atom is -0.472 e. The Morgan fingerprint density at radius 2 is 2.05 bits per heavy atom. The fourth-order valence-electron chi connectivity index (χ4n) is 4.86. The number of rotatable bonds is 6. The van der Waals surface area contributed by atoms with Crippen molar-refractivity contribution >= 4 is 11.8 Å². The van der Waals surface area contributed by atoms with Gasteiger partial charge in [0.05, 0.1) is 30.8 Å². The SMILES string of the molecule is C[C@H]1CN([C@@H](C)CO)C(=O)c2cc(-c3cccc(C#N)c3)cnc2O[C@H]1CN(C)C(=O)C1CCOCC1. The number of ether oxygens (including phenoxy) is 2. The Balaban J connectivity index is 1.66. The van der Waals surface area contributed by atoms with Crippen LogP contribution in [0.25, 0.3) is 11.1 Å². The number of carbonyl (C=O) groups excluding carboxylic acids is 2. The number of amides is 2. The maximum absolute atomic E-state index is 13.7. The van der Waals surface area contributed by atoms with Crippen molar-refractivity contribution < 1.29 is 24.2 Å². The molecule has 0 radical (unpaired) electrons. The van der Waals surface area contributed by atoms with Crippen LogP contribution in [0, 0.1) is 23.2 Å². The number of aliphatic hydroxyl groups is 1. The fraction of sp³-hybridized carbons (Fsp3) is 0.500. The van der Waals surface area contributed by atoms with Gasteiger partial charge in [0.15, 0.2) is 0 Å². The van der Waals surface area contributed by atoms with E-state index in [1.165, 1.54) is 0 Å². The van der Waals surface area contributed by atoms with Crippen molar-refractivity contribution in [3.8, 4) is 23.1 Å². The van der Waals surface area contributed by atoms with E-state index in [-0.39, 0.29) is 41.7 Å². The highest BCUT2D eigenvalue weighted by Crippen LogP contribution is 2.31. The van der Waals surface area contributed by atoms with Crippen molar-refractivity contribution in [3.05, 3.63) is 47.7 Å². The number of aliphatic hydroxyl groups excluding tert-OH is 1. The fourth-order valence-corrected chi connectivity index (χ4v) is 4.86. The minimum absolute atomic E-state index is 0.0627. The summed E-state index contributed by atoms with van der Waals surface area (Å²) in [5, 5.41) is 19.2. The van der Waals surface area contributed by atoms with E-state index in [2.05, 4.69) is 11.1 Å². The zero-order chi connectivity index (χ0) is 26.5. The van der Waals surface area contributed by atoms with E-state index in [1.807, 2.05) is 13.0 Å². The number of carbonyl (C=O) groups is 2. The Bertz CT molecular complexity index is 1170. The number of nitriles is 1. The average molecular weight is 507 g/mol. The maximum Gasteiger partial charge on any atom is 0.259 e. The second-order valence-electron chi connectivity index (χ2n) is 10.00. The standard InChI is InChI=1S/C28H34N4O5/c1-18-15-32(19(2)17-33)28(35)24-12-23(22-6-4-5-20(11-22)13-29)14-30-26(24)37-25(18)16-31(3)27(34)21-7-9-36-10-8-21/h4-6,11-12,14,18-19,21,25,33H,7-10,15-17H2,1-3H3/t18-,19-,25-/m0/s1. The van der Waals surface area contributed by atoms with Crippen molar-refractivity contribution in [2.45, 2.75) is 38.8 Å². The van der Waals surface area contributed by atoms with E-state index in [0.717, 1.165) is 5.56 Å². The number of fused-ring (bicyclic) bond motifs is 1. The Kier molecular flexibility index (Phi) is 8.41. The van der Waals surface area contributed by atoms with Crippen LogP contribution in [0.5, 0.6) is 5.88 Å². The van der Waals surface area contributed by atoms with Gasteiger partial charge in [-0.3, -0.25) is 9.59 Å². The molecular formula is C28H34N4O5. The molecule has 1 aromatic carbocycles. The topological polar surface area (TPSA) is 116 Å². The van der Waals surface area contributed by atoms with Crippen molar-refractivity contribution in [2.75, 3.05) is 40.0 Å². The highest BCUT2D eigenvalue weighted by atomic mass is 16.5. The predicted octanol–water partition coefficient (Wildman–Crippen LogP) is 2.73. The largest absolute Gasteiger partial charge is 0.472 e. The third-order valence-electron chi connectivity index (χ3n) is 7.25. The Hall–Kier alpha value is -3.48. The molecule has 2 aliphatic rings. The molecule has 1 fully saturated rings. The van der Waals surface area contributed by atoms with Crippen LogP contribution in [0.1, 0.15) is 42.6 Å². The average Bonchev–Trinajstić information content (AvgIpc) is 2.94. The first-order valence-corrected chi connectivity index (χ1v) is 12.7. The number of likely N-dealkylation sites (N-methyl/N-ethyl adjacent to an activating group) is 1. The molecule has 9 heteroatoms. The van der Waals surface area contributed by atoms with Crippen LogP contribution in [0.3, 0.4) is 0 Å². The zero-order valence-electron chi connectivity index (χ0n) is 21.6. The molecule has 196 valence electrons. The summed E-state index contributed by atoms with van der Waals surface area (Å²) in [5.41, 5.74) is 2.24. The number of hydrogen-bond donors (Lipinski definition) is 1. The van der Waals surface area contributed by atoms with Gasteiger partial charge in [-0.1, -0.05) is 19.1 Å². The van der Waals surface area contributed by atoms with Crippen molar-refractivity contribution in [1.29, 1.82) is 5.26 Å². The molecule has 0 aliphatic carbocycles. The van der Waals surface area contributed by atoms with E-state index in [4.69, 9.17) is 9.47 Å². The maximum atomic E-state index is 13.7. The third-order valence-corrected chi connectivity index (χ3v) is 7.25. The summed E-state index contributed by atoms with van der Waals surface area (Å²) in [5.74, 6) is -0.196. The van der Waals surface area contributed by atoms with Gasteiger partial charge in [0.2, 0.25) is 11.8 Å². The summed E-state index contributed by atoms with van der Waals surface area (Å²) < 4.78 is 11.7. The molecule has 9 nitrogen and oxygen atoms in total. The highest BCUT2D eigenvalue weighted by molar-refractivity contribution is 5.98. The summed E-state index contributed by atoms with van der Waals surface area (Å²) in [6.07, 6.45) is 2.64. The quantitative estimate of drug-likeness (QED) is 0.640. The summed E-state index contributed by atoms with van der Waals surface area (Å²) >= 11 is 0. The lowest BCUT2D eigenvalue weighted by Gasteiger charge is -2.38. The summed E-state index contributed by atoms with van der Waals surface area (Å²) in [6, 6.07) is 10.5. The lowest BCUT2D eigenvalue weighted by atomic mass is 9.96. The van der Waals surface area contributed by atoms with Gasteiger partial charge in [0.25, 0.3) is 5.91 Å². The molecule has 0 bridgehead atoms. The van der Waals surface area contributed by atoms with E-state index in [9.17, 15) is 20.0 Å². The lowest BCUT2D eigenvalue weighted by molar-refractivity contribution is -0.138. The molecule has 0 spiro atoms. The first-order chi connectivity index (χ1) is 17.8. The summed E-state index contributed by atoms with van der Waals surface area (Å²) in [4.78, 5) is 34.6. The molecule has 1 aromatic heterocycles.